The standard InChI is InChI=1S/C26H33N7O3S/c1-3-23(34)33-13-19(14-33)31-6-4-18(5-7-31)21-12-22-24(17(2)29-21)36-15-20-25(30-22)27-16-28-26(20)32-8-10-37(35)11-9-32/h3,12,16,18-19H,1,4-11,13-15H2,2H3,(H,27,28,30). The Morgan fingerprint density at radius 2 is 1.95 bits per heavy atom. The average Bonchev–Trinajstić information content (AvgIpc) is 3.08. The summed E-state index contributed by atoms with van der Waals surface area (Å²) in [6.45, 7) is 11.0. The number of aromatic nitrogens is 3. The van der Waals surface area contributed by atoms with Crippen molar-refractivity contribution in [3.8, 4) is 5.75 Å². The lowest BCUT2D eigenvalue weighted by Crippen LogP contribution is -2.61. The number of hydrogen-bond donors (Lipinski definition) is 1. The van der Waals surface area contributed by atoms with Gasteiger partial charge in [0.1, 0.15) is 24.6 Å². The molecule has 0 aliphatic carbocycles. The minimum absolute atomic E-state index is 0.0248. The molecule has 2 aromatic rings. The van der Waals surface area contributed by atoms with Crippen LogP contribution >= 0.6 is 0 Å². The van der Waals surface area contributed by atoms with E-state index in [2.05, 4.69) is 37.7 Å². The molecule has 1 amide bonds. The van der Waals surface area contributed by atoms with Crippen LogP contribution in [0.25, 0.3) is 0 Å². The molecule has 4 aliphatic heterocycles. The molecule has 0 radical (unpaired) electrons. The number of likely N-dealkylation sites (tertiary alicyclic amines) is 2. The second-order valence-electron chi connectivity index (χ2n) is 10.2. The number of amides is 1. The van der Waals surface area contributed by atoms with E-state index < -0.39 is 10.8 Å². The van der Waals surface area contributed by atoms with Gasteiger partial charge in [0, 0.05) is 66.1 Å². The monoisotopic (exact) mass is 523 g/mol. The molecule has 6 rings (SSSR count). The molecule has 3 saturated heterocycles. The SMILES string of the molecule is C=CC(=O)N1CC(N2CCC(c3cc4c(c(C)n3)OCc3c(ncnc3N3CCS(=O)CC3)N4)CC2)C1. The summed E-state index contributed by atoms with van der Waals surface area (Å²) in [4.78, 5) is 32.4. The van der Waals surface area contributed by atoms with Gasteiger partial charge in [-0.2, -0.15) is 0 Å². The van der Waals surface area contributed by atoms with Crippen molar-refractivity contribution >= 4 is 34.0 Å². The number of nitrogens with zero attached hydrogens (tertiary/aromatic N) is 6. The van der Waals surface area contributed by atoms with Gasteiger partial charge in [0.05, 0.1) is 16.9 Å². The first-order valence-corrected chi connectivity index (χ1v) is 14.5. The van der Waals surface area contributed by atoms with Crippen molar-refractivity contribution in [2.24, 2.45) is 0 Å². The minimum atomic E-state index is -0.750. The molecule has 0 aromatic carbocycles. The maximum atomic E-state index is 11.8. The number of carbonyl (C=O) groups excluding carboxylic acids is 1. The molecule has 196 valence electrons. The van der Waals surface area contributed by atoms with E-state index >= 15 is 0 Å². The fourth-order valence-electron chi connectivity index (χ4n) is 5.76. The Morgan fingerprint density at radius 1 is 1.19 bits per heavy atom. The predicted octanol–water partition coefficient (Wildman–Crippen LogP) is 1.96. The molecule has 2 aromatic heterocycles. The van der Waals surface area contributed by atoms with Crippen LogP contribution in [0.3, 0.4) is 0 Å². The van der Waals surface area contributed by atoms with Crippen LogP contribution in [0.1, 0.15) is 35.7 Å². The van der Waals surface area contributed by atoms with Gasteiger partial charge in [-0.15, -0.1) is 0 Å². The highest BCUT2D eigenvalue weighted by atomic mass is 32.2. The summed E-state index contributed by atoms with van der Waals surface area (Å²) in [6.07, 6.45) is 5.07. The number of carbonyl (C=O) groups is 1. The molecule has 0 atom stereocenters. The Labute approximate surface area is 219 Å². The smallest absolute Gasteiger partial charge is 0.246 e. The summed E-state index contributed by atoms with van der Waals surface area (Å²) in [5.74, 6) is 4.08. The Morgan fingerprint density at radius 3 is 2.68 bits per heavy atom. The lowest BCUT2D eigenvalue weighted by Gasteiger charge is -2.47. The maximum absolute atomic E-state index is 11.8. The molecule has 10 nitrogen and oxygen atoms in total. The zero-order valence-corrected chi connectivity index (χ0v) is 22.0. The van der Waals surface area contributed by atoms with E-state index in [1.807, 2.05) is 11.8 Å². The number of rotatable bonds is 4. The van der Waals surface area contributed by atoms with Crippen molar-refractivity contribution in [1.82, 2.24) is 24.8 Å². The number of piperidine rings is 1. The lowest BCUT2D eigenvalue weighted by molar-refractivity contribution is -0.133. The van der Waals surface area contributed by atoms with Crippen LogP contribution in [0.5, 0.6) is 5.75 Å². The summed E-state index contributed by atoms with van der Waals surface area (Å²) in [6, 6.07) is 2.57. The number of anilines is 3. The molecule has 0 saturated carbocycles. The third-order valence-corrected chi connectivity index (χ3v) is 9.26. The highest BCUT2D eigenvalue weighted by Crippen LogP contribution is 2.40. The first-order valence-electron chi connectivity index (χ1n) is 13.0. The van der Waals surface area contributed by atoms with Crippen molar-refractivity contribution in [2.45, 2.75) is 38.3 Å². The highest BCUT2D eigenvalue weighted by molar-refractivity contribution is 7.85. The quantitative estimate of drug-likeness (QED) is 0.603. The van der Waals surface area contributed by atoms with E-state index in [1.54, 1.807) is 6.33 Å². The lowest BCUT2D eigenvalue weighted by atomic mass is 9.90. The molecule has 37 heavy (non-hydrogen) atoms. The Kier molecular flexibility index (Phi) is 6.58. The summed E-state index contributed by atoms with van der Waals surface area (Å²) in [5.41, 5.74) is 3.77. The Bertz CT molecular complexity index is 1230. The van der Waals surface area contributed by atoms with E-state index in [0.29, 0.717) is 30.1 Å². The van der Waals surface area contributed by atoms with Crippen molar-refractivity contribution in [1.29, 1.82) is 0 Å². The number of aryl methyl sites for hydroxylation is 1. The van der Waals surface area contributed by atoms with E-state index in [0.717, 1.165) is 92.1 Å². The van der Waals surface area contributed by atoms with Crippen LogP contribution in [0, 0.1) is 6.92 Å². The Hall–Kier alpha value is -3.05. The van der Waals surface area contributed by atoms with Gasteiger partial charge in [0.25, 0.3) is 0 Å². The minimum Gasteiger partial charge on any atom is -0.485 e. The Balaban J connectivity index is 1.16. The topological polar surface area (TPSA) is 104 Å². The van der Waals surface area contributed by atoms with Crippen LogP contribution in [0.4, 0.5) is 17.3 Å². The van der Waals surface area contributed by atoms with Gasteiger partial charge in [-0.1, -0.05) is 6.58 Å². The summed E-state index contributed by atoms with van der Waals surface area (Å²) < 4.78 is 18.1. The van der Waals surface area contributed by atoms with Gasteiger partial charge >= 0.3 is 0 Å². The molecule has 1 N–H and O–H groups in total. The fraction of sp³-hybridized carbons (Fsp3) is 0.538. The zero-order valence-electron chi connectivity index (χ0n) is 21.2. The average molecular weight is 524 g/mol. The molecule has 0 spiro atoms. The third-order valence-electron chi connectivity index (χ3n) is 7.99. The van der Waals surface area contributed by atoms with Crippen molar-refractivity contribution in [2.75, 3.05) is 61.0 Å². The molecule has 0 unspecified atom stereocenters. The van der Waals surface area contributed by atoms with Gasteiger partial charge < -0.3 is 19.9 Å². The van der Waals surface area contributed by atoms with Crippen LogP contribution in [0.15, 0.2) is 25.0 Å². The molecule has 0 bridgehead atoms. The van der Waals surface area contributed by atoms with E-state index in [1.165, 1.54) is 6.08 Å². The fourth-order valence-corrected chi connectivity index (χ4v) is 6.81. The second-order valence-corrected chi connectivity index (χ2v) is 11.9. The third kappa shape index (κ3) is 4.70. The van der Waals surface area contributed by atoms with Crippen molar-refractivity contribution in [3.63, 3.8) is 0 Å². The van der Waals surface area contributed by atoms with Crippen LogP contribution in [-0.4, -0.2) is 91.7 Å². The molecule has 3 fully saturated rings. The molecule has 11 heteroatoms. The molecule has 6 heterocycles. The number of ether oxygens (including phenoxy) is 1. The van der Waals surface area contributed by atoms with Gasteiger partial charge in [0.2, 0.25) is 5.91 Å². The highest BCUT2D eigenvalue weighted by Gasteiger charge is 2.36. The predicted molar refractivity (Wildman–Crippen MR) is 143 cm³/mol. The molecular weight excluding hydrogens is 490 g/mol. The van der Waals surface area contributed by atoms with Gasteiger partial charge in [-0.05, 0) is 45.0 Å². The number of fused-ring (bicyclic) bond motifs is 2. The first-order chi connectivity index (χ1) is 18.0. The van der Waals surface area contributed by atoms with Gasteiger partial charge in [-0.3, -0.25) is 18.9 Å². The zero-order chi connectivity index (χ0) is 25.5. The van der Waals surface area contributed by atoms with E-state index in [4.69, 9.17) is 9.72 Å². The second kappa shape index (κ2) is 10.0. The summed E-state index contributed by atoms with van der Waals surface area (Å²) in [5, 5.41) is 3.52. The van der Waals surface area contributed by atoms with Gasteiger partial charge in [-0.25, -0.2) is 9.97 Å². The van der Waals surface area contributed by atoms with E-state index in [-0.39, 0.29) is 5.91 Å². The number of nitrogens with one attached hydrogen (secondary N) is 1. The summed E-state index contributed by atoms with van der Waals surface area (Å²) in [7, 11) is -0.750. The maximum Gasteiger partial charge on any atom is 0.246 e. The van der Waals surface area contributed by atoms with Gasteiger partial charge in [0.15, 0.2) is 5.75 Å². The van der Waals surface area contributed by atoms with Crippen LogP contribution < -0.4 is 15.0 Å². The summed E-state index contributed by atoms with van der Waals surface area (Å²) >= 11 is 0. The van der Waals surface area contributed by atoms with Crippen LogP contribution in [-0.2, 0) is 22.2 Å². The van der Waals surface area contributed by atoms with E-state index in [9.17, 15) is 9.00 Å². The van der Waals surface area contributed by atoms with Crippen molar-refractivity contribution < 1.29 is 13.7 Å². The van der Waals surface area contributed by atoms with Crippen LogP contribution in [0.2, 0.25) is 0 Å². The number of pyridine rings is 1. The van der Waals surface area contributed by atoms with Crippen molar-refractivity contribution in [3.05, 3.63) is 42.0 Å². The number of hydrogen-bond acceptors (Lipinski definition) is 9. The normalized spacial score (nSPS) is 21.2. The molecular formula is C26H33N7O3S. The largest absolute Gasteiger partial charge is 0.485 e. The molecule has 4 aliphatic rings. The first kappa shape index (κ1) is 24.3.